The Kier molecular flexibility index (Phi) is 5.26. The number of sulfonamides is 1. The van der Waals surface area contributed by atoms with Gasteiger partial charge in [0, 0.05) is 32.2 Å². The number of aliphatic hydroxyl groups is 1. The number of hydrogen-bond acceptors (Lipinski definition) is 6. The predicted molar refractivity (Wildman–Crippen MR) is 93.2 cm³/mol. The van der Waals surface area contributed by atoms with E-state index in [4.69, 9.17) is 0 Å². The third-order valence-electron chi connectivity index (χ3n) is 4.83. The standard InChI is InChI=1S/C16H23N3O5S/c20-13-5-4-8-17(12-13)15-7-6-14(11-16(15)19(21)22)25(23,24)18-9-2-1-3-10-18/h6-7,11,13,20H,1-5,8-10,12H2/t13-/m0/s1. The smallest absolute Gasteiger partial charge is 0.293 e. The van der Waals surface area contributed by atoms with Crippen LogP contribution in [0.4, 0.5) is 11.4 Å². The zero-order chi connectivity index (χ0) is 18.0. The van der Waals surface area contributed by atoms with E-state index in [0.29, 0.717) is 38.3 Å². The van der Waals surface area contributed by atoms with Crippen molar-refractivity contribution in [3.05, 3.63) is 28.3 Å². The molecule has 0 saturated carbocycles. The molecule has 138 valence electrons. The van der Waals surface area contributed by atoms with Crippen molar-refractivity contribution in [3.63, 3.8) is 0 Å². The highest BCUT2D eigenvalue weighted by atomic mass is 32.2. The molecular formula is C16H23N3O5S. The highest BCUT2D eigenvalue weighted by Crippen LogP contribution is 2.33. The van der Waals surface area contributed by atoms with Gasteiger partial charge in [0.2, 0.25) is 10.0 Å². The van der Waals surface area contributed by atoms with E-state index in [9.17, 15) is 23.6 Å². The Balaban J connectivity index is 1.95. The van der Waals surface area contributed by atoms with Gasteiger partial charge in [-0.2, -0.15) is 4.31 Å². The summed E-state index contributed by atoms with van der Waals surface area (Å²) in [5.74, 6) is 0. The lowest BCUT2D eigenvalue weighted by atomic mass is 10.1. The van der Waals surface area contributed by atoms with Gasteiger partial charge in [0.15, 0.2) is 0 Å². The van der Waals surface area contributed by atoms with Crippen LogP contribution in [0.2, 0.25) is 0 Å². The zero-order valence-corrected chi connectivity index (χ0v) is 14.8. The van der Waals surface area contributed by atoms with E-state index >= 15 is 0 Å². The van der Waals surface area contributed by atoms with Crippen LogP contribution in [-0.2, 0) is 10.0 Å². The summed E-state index contributed by atoms with van der Waals surface area (Å²) < 4.78 is 26.9. The highest BCUT2D eigenvalue weighted by Gasteiger charge is 2.30. The minimum Gasteiger partial charge on any atom is -0.391 e. The minimum absolute atomic E-state index is 0.0394. The summed E-state index contributed by atoms with van der Waals surface area (Å²) in [7, 11) is -3.72. The number of piperidine rings is 2. The van der Waals surface area contributed by atoms with Gasteiger partial charge in [-0.1, -0.05) is 6.42 Å². The van der Waals surface area contributed by atoms with Crippen molar-refractivity contribution in [1.29, 1.82) is 0 Å². The summed E-state index contributed by atoms with van der Waals surface area (Å²) in [6.45, 7) is 1.83. The second kappa shape index (κ2) is 7.27. The SMILES string of the molecule is O=[N+]([O-])c1cc(S(=O)(=O)N2CCCCC2)ccc1N1CCC[C@H](O)C1. The van der Waals surface area contributed by atoms with Crippen molar-refractivity contribution in [3.8, 4) is 0 Å². The summed E-state index contributed by atoms with van der Waals surface area (Å²) in [4.78, 5) is 12.7. The molecule has 0 radical (unpaired) electrons. The Labute approximate surface area is 147 Å². The molecule has 2 aliphatic rings. The third-order valence-corrected chi connectivity index (χ3v) is 6.73. The van der Waals surface area contributed by atoms with Crippen molar-refractivity contribution in [1.82, 2.24) is 4.31 Å². The molecule has 0 aromatic heterocycles. The number of nitro groups is 1. The zero-order valence-electron chi connectivity index (χ0n) is 14.0. The second-order valence-electron chi connectivity index (χ2n) is 6.61. The van der Waals surface area contributed by atoms with Crippen LogP contribution in [0.5, 0.6) is 0 Å². The largest absolute Gasteiger partial charge is 0.391 e. The van der Waals surface area contributed by atoms with Crippen LogP contribution in [0.15, 0.2) is 23.1 Å². The Hall–Kier alpha value is -1.71. The molecule has 3 rings (SSSR count). The second-order valence-corrected chi connectivity index (χ2v) is 8.55. The fourth-order valence-corrected chi connectivity index (χ4v) is 5.04. The maximum absolute atomic E-state index is 12.8. The quantitative estimate of drug-likeness (QED) is 0.640. The van der Waals surface area contributed by atoms with Crippen LogP contribution < -0.4 is 4.90 Å². The summed E-state index contributed by atoms with van der Waals surface area (Å²) in [6.07, 6.45) is 3.52. The van der Waals surface area contributed by atoms with Gasteiger partial charge in [0.1, 0.15) is 5.69 Å². The summed E-state index contributed by atoms with van der Waals surface area (Å²) in [5, 5.41) is 21.3. The molecule has 2 heterocycles. The summed E-state index contributed by atoms with van der Waals surface area (Å²) in [5.41, 5.74) is 0.133. The lowest BCUT2D eigenvalue weighted by molar-refractivity contribution is -0.384. The van der Waals surface area contributed by atoms with E-state index in [2.05, 4.69) is 0 Å². The third kappa shape index (κ3) is 3.78. The summed E-state index contributed by atoms with van der Waals surface area (Å²) >= 11 is 0. The average molecular weight is 369 g/mol. The Bertz CT molecular complexity index is 746. The van der Waals surface area contributed by atoms with E-state index in [1.165, 1.54) is 16.4 Å². The molecule has 0 amide bonds. The predicted octanol–water partition coefficient (Wildman–Crippen LogP) is 1.73. The van der Waals surface area contributed by atoms with E-state index in [0.717, 1.165) is 31.7 Å². The molecule has 0 aliphatic carbocycles. The van der Waals surface area contributed by atoms with Gasteiger partial charge in [-0.15, -0.1) is 0 Å². The van der Waals surface area contributed by atoms with Crippen LogP contribution in [0.25, 0.3) is 0 Å². The molecular weight excluding hydrogens is 346 g/mol. The molecule has 0 bridgehead atoms. The molecule has 1 aromatic carbocycles. The van der Waals surface area contributed by atoms with E-state index < -0.39 is 21.1 Å². The maximum atomic E-state index is 12.8. The monoisotopic (exact) mass is 369 g/mol. The number of rotatable bonds is 4. The van der Waals surface area contributed by atoms with Crippen LogP contribution >= 0.6 is 0 Å². The minimum atomic E-state index is -3.72. The first-order chi connectivity index (χ1) is 11.9. The Morgan fingerprint density at radius 2 is 1.84 bits per heavy atom. The van der Waals surface area contributed by atoms with Crippen molar-refractivity contribution in [2.24, 2.45) is 0 Å². The molecule has 2 saturated heterocycles. The molecule has 1 N–H and O–H groups in total. The highest BCUT2D eigenvalue weighted by molar-refractivity contribution is 7.89. The molecule has 2 fully saturated rings. The number of anilines is 1. The van der Waals surface area contributed by atoms with Crippen molar-refractivity contribution in [2.75, 3.05) is 31.1 Å². The van der Waals surface area contributed by atoms with E-state index in [1.54, 1.807) is 4.90 Å². The van der Waals surface area contributed by atoms with Gasteiger partial charge < -0.3 is 10.0 Å². The lowest BCUT2D eigenvalue weighted by Gasteiger charge is -2.32. The fraction of sp³-hybridized carbons (Fsp3) is 0.625. The molecule has 2 aliphatic heterocycles. The average Bonchev–Trinajstić information content (AvgIpc) is 2.62. The first-order valence-corrected chi connectivity index (χ1v) is 10.1. The number of aliphatic hydroxyl groups excluding tert-OH is 1. The maximum Gasteiger partial charge on any atom is 0.293 e. The summed E-state index contributed by atoms with van der Waals surface area (Å²) in [6, 6.07) is 4.08. The Morgan fingerprint density at radius 1 is 1.12 bits per heavy atom. The fourth-order valence-electron chi connectivity index (χ4n) is 3.51. The van der Waals surface area contributed by atoms with Crippen LogP contribution in [0, 0.1) is 10.1 Å². The first kappa shape index (κ1) is 18.1. The van der Waals surface area contributed by atoms with Gasteiger partial charge >= 0.3 is 0 Å². The molecule has 9 heteroatoms. The molecule has 0 unspecified atom stereocenters. The van der Waals surface area contributed by atoms with Crippen LogP contribution in [-0.4, -0.2) is 55.0 Å². The number of benzene rings is 1. The first-order valence-electron chi connectivity index (χ1n) is 8.61. The molecule has 0 spiro atoms. The molecule has 1 atom stereocenters. The van der Waals surface area contributed by atoms with Crippen LogP contribution in [0.3, 0.4) is 0 Å². The normalized spacial score (nSPS) is 22.8. The van der Waals surface area contributed by atoms with Gasteiger partial charge in [0.05, 0.1) is 15.9 Å². The number of nitro benzene ring substituents is 1. The molecule has 8 nitrogen and oxygen atoms in total. The number of β-amino-alcohol motifs (C(OH)–C–C–N with tert-alkyl or cyclic N) is 1. The van der Waals surface area contributed by atoms with Gasteiger partial charge in [0.25, 0.3) is 5.69 Å². The van der Waals surface area contributed by atoms with Crippen LogP contribution in [0.1, 0.15) is 32.1 Å². The van der Waals surface area contributed by atoms with Gasteiger partial charge in [-0.05, 0) is 37.8 Å². The van der Waals surface area contributed by atoms with Crippen molar-refractivity contribution in [2.45, 2.75) is 43.1 Å². The van der Waals surface area contributed by atoms with Crippen molar-refractivity contribution < 1.29 is 18.4 Å². The topological polar surface area (TPSA) is 104 Å². The molecule has 25 heavy (non-hydrogen) atoms. The van der Waals surface area contributed by atoms with Gasteiger partial charge in [-0.25, -0.2) is 8.42 Å². The number of hydrogen-bond donors (Lipinski definition) is 1. The Morgan fingerprint density at radius 3 is 2.48 bits per heavy atom. The van der Waals surface area contributed by atoms with Crippen molar-refractivity contribution >= 4 is 21.4 Å². The van der Waals surface area contributed by atoms with E-state index in [-0.39, 0.29) is 10.6 Å². The lowest BCUT2D eigenvalue weighted by Crippen LogP contribution is -2.38. The van der Waals surface area contributed by atoms with Gasteiger partial charge in [-0.3, -0.25) is 10.1 Å². The number of nitrogens with zero attached hydrogens (tertiary/aromatic N) is 3. The molecule has 1 aromatic rings. The van der Waals surface area contributed by atoms with E-state index in [1.807, 2.05) is 0 Å².